The molecule has 1 rings (SSSR count). The number of nitrogens with two attached hydrogens (primary N) is 1. The van der Waals surface area contributed by atoms with Gasteiger partial charge in [0, 0.05) is 11.6 Å². The molecule has 1 aromatic rings. The first-order valence-electron chi connectivity index (χ1n) is 6.37. The van der Waals surface area contributed by atoms with E-state index in [0.717, 1.165) is 18.2 Å². The van der Waals surface area contributed by atoms with E-state index in [0.29, 0.717) is 12.8 Å². The Bertz CT molecular complexity index is 449. The maximum atomic E-state index is 13.8. The minimum Gasteiger partial charge on any atom is -0.271 e. The molecule has 6 heteroatoms. The molecule has 20 heavy (non-hydrogen) atoms. The van der Waals surface area contributed by atoms with Gasteiger partial charge in [-0.2, -0.15) is 13.2 Å². The SMILES string of the molecule is CC(C)(C)CCC(NN)c1cc(C(F)(F)F)ccc1F. The van der Waals surface area contributed by atoms with Crippen LogP contribution in [0.5, 0.6) is 0 Å². The largest absolute Gasteiger partial charge is 0.416 e. The maximum Gasteiger partial charge on any atom is 0.416 e. The molecular formula is C14H20F4N2. The van der Waals surface area contributed by atoms with Gasteiger partial charge in [0.1, 0.15) is 5.82 Å². The van der Waals surface area contributed by atoms with Gasteiger partial charge >= 0.3 is 6.18 Å². The van der Waals surface area contributed by atoms with E-state index in [1.54, 1.807) is 0 Å². The van der Waals surface area contributed by atoms with Gasteiger partial charge < -0.3 is 0 Å². The molecule has 0 bridgehead atoms. The van der Waals surface area contributed by atoms with Gasteiger partial charge in [-0.05, 0) is 36.5 Å². The number of hydrazine groups is 1. The Kier molecular flexibility index (Phi) is 5.15. The topological polar surface area (TPSA) is 38.0 Å². The van der Waals surface area contributed by atoms with Gasteiger partial charge in [0.15, 0.2) is 0 Å². The summed E-state index contributed by atoms with van der Waals surface area (Å²) in [6.07, 6.45) is -3.33. The van der Waals surface area contributed by atoms with E-state index in [4.69, 9.17) is 5.84 Å². The van der Waals surface area contributed by atoms with Crippen molar-refractivity contribution in [2.45, 2.75) is 45.8 Å². The fraction of sp³-hybridized carbons (Fsp3) is 0.571. The number of hydrogen-bond acceptors (Lipinski definition) is 2. The Morgan fingerprint density at radius 2 is 1.80 bits per heavy atom. The van der Waals surface area contributed by atoms with Crippen molar-refractivity contribution in [2.75, 3.05) is 0 Å². The molecule has 0 aliphatic rings. The molecule has 3 N–H and O–H groups in total. The highest BCUT2D eigenvalue weighted by Crippen LogP contribution is 2.33. The molecule has 0 fully saturated rings. The van der Waals surface area contributed by atoms with Crippen LogP contribution in [0, 0.1) is 11.2 Å². The molecular weight excluding hydrogens is 272 g/mol. The first-order valence-corrected chi connectivity index (χ1v) is 6.37. The Morgan fingerprint density at radius 3 is 2.25 bits per heavy atom. The lowest BCUT2D eigenvalue weighted by Gasteiger charge is -2.24. The van der Waals surface area contributed by atoms with Crippen molar-refractivity contribution in [3.8, 4) is 0 Å². The minimum atomic E-state index is -4.49. The van der Waals surface area contributed by atoms with Gasteiger partial charge in [-0.25, -0.2) is 4.39 Å². The lowest BCUT2D eigenvalue weighted by molar-refractivity contribution is -0.137. The normalized spacial score (nSPS) is 14.4. The van der Waals surface area contributed by atoms with Crippen LogP contribution in [0.2, 0.25) is 0 Å². The van der Waals surface area contributed by atoms with Crippen LogP contribution in [0.3, 0.4) is 0 Å². The summed E-state index contributed by atoms with van der Waals surface area (Å²) in [7, 11) is 0. The van der Waals surface area contributed by atoms with Crippen molar-refractivity contribution in [1.82, 2.24) is 5.43 Å². The third-order valence-corrected chi connectivity index (χ3v) is 3.08. The van der Waals surface area contributed by atoms with Crippen molar-refractivity contribution in [3.63, 3.8) is 0 Å². The second kappa shape index (κ2) is 6.10. The fourth-order valence-corrected chi connectivity index (χ4v) is 1.89. The maximum absolute atomic E-state index is 13.8. The van der Waals surface area contributed by atoms with Crippen molar-refractivity contribution in [1.29, 1.82) is 0 Å². The molecule has 0 spiro atoms. The number of alkyl halides is 3. The summed E-state index contributed by atoms with van der Waals surface area (Å²) < 4.78 is 51.8. The molecule has 0 saturated carbocycles. The minimum absolute atomic E-state index is 0.00673. The van der Waals surface area contributed by atoms with E-state index in [-0.39, 0.29) is 11.0 Å². The molecule has 0 aliphatic heterocycles. The van der Waals surface area contributed by atoms with Crippen LogP contribution in [0.1, 0.15) is 50.8 Å². The fourth-order valence-electron chi connectivity index (χ4n) is 1.89. The van der Waals surface area contributed by atoms with Gasteiger partial charge in [0.25, 0.3) is 0 Å². The number of hydrogen-bond donors (Lipinski definition) is 2. The molecule has 0 aromatic heterocycles. The zero-order valence-electron chi connectivity index (χ0n) is 11.8. The lowest BCUT2D eigenvalue weighted by Crippen LogP contribution is -2.30. The average molecular weight is 292 g/mol. The van der Waals surface area contributed by atoms with Gasteiger partial charge in [-0.1, -0.05) is 20.8 Å². The van der Waals surface area contributed by atoms with Crippen LogP contribution in [0.4, 0.5) is 17.6 Å². The van der Waals surface area contributed by atoms with Gasteiger partial charge in [0.05, 0.1) is 5.56 Å². The molecule has 0 saturated heterocycles. The van der Waals surface area contributed by atoms with Gasteiger partial charge in [-0.3, -0.25) is 11.3 Å². The summed E-state index contributed by atoms with van der Waals surface area (Å²) >= 11 is 0. The number of halogens is 4. The van der Waals surface area contributed by atoms with Crippen LogP contribution in [-0.4, -0.2) is 0 Å². The first-order chi connectivity index (χ1) is 9.04. The second-order valence-electron chi connectivity index (χ2n) is 6.05. The van der Waals surface area contributed by atoms with Crippen molar-refractivity contribution < 1.29 is 17.6 Å². The van der Waals surface area contributed by atoms with E-state index in [1.165, 1.54) is 0 Å². The van der Waals surface area contributed by atoms with Crippen LogP contribution in [0.15, 0.2) is 18.2 Å². The third-order valence-electron chi connectivity index (χ3n) is 3.08. The predicted octanol–water partition coefficient (Wildman–Crippen LogP) is 4.18. The van der Waals surface area contributed by atoms with Crippen LogP contribution in [0.25, 0.3) is 0 Å². The monoisotopic (exact) mass is 292 g/mol. The quantitative estimate of drug-likeness (QED) is 0.496. The van der Waals surface area contributed by atoms with Crippen LogP contribution in [-0.2, 0) is 6.18 Å². The highest BCUT2D eigenvalue weighted by Gasteiger charge is 2.32. The Balaban J connectivity index is 3.02. The van der Waals surface area contributed by atoms with E-state index in [9.17, 15) is 17.6 Å². The van der Waals surface area contributed by atoms with E-state index < -0.39 is 23.6 Å². The molecule has 0 heterocycles. The number of rotatable bonds is 4. The highest BCUT2D eigenvalue weighted by atomic mass is 19.4. The van der Waals surface area contributed by atoms with Crippen LogP contribution >= 0.6 is 0 Å². The number of benzene rings is 1. The molecule has 0 amide bonds. The van der Waals surface area contributed by atoms with E-state index in [1.807, 2.05) is 20.8 Å². The van der Waals surface area contributed by atoms with E-state index >= 15 is 0 Å². The number of nitrogens with one attached hydrogen (secondary N) is 1. The smallest absolute Gasteiger partial charge is 0.271 e. The molecule has 1 atom stereocenters. The zero-order valence-corrected chi connectivity index (χ0v) is 11.8. The lowest BCUT2D eigenvalue weighted by atomic mass is 9.87. The van der Waals surface area contributed by atoms with Crippen molar-refractivity contribution >= 4 is 0 Å². The second-order valence-corrected chi connectivity index (χ2v) is 6.05. The summed E-state index contributed by atoms with van der Waals surface area (Å²) in [5.74, 6) is 4.68. The summed E-state index contributed by atoms with van der Waals surface area (Å²) in [5, 5.41) is 0. The summed E-state index contributed by atoms with van der Waals surface area (Å²) in [4.78, 5) is 0. The zero-order chi connectivity index (χ0) is 15.6. The standard InChI is InChI=1S/C14H20F4N2/c1-13(2,3)7-6-12(20-19)10-8-9(14(16,17)18)4-5-11(10)15/h4-5,8,12,20H,6-7,19H2,1-3H3. The van der Waals surface area contributed by atoms with Crippen LogP contribution < -0.4 is 11.3 Å². The predicted molar refractivity (Wildman–Crippen MR) is 70.2 cm³/mol. The van der Waals surface area contributed by atoms with Gasteiger partial charge in [0.2, 0.25) is 0 Å². The summed E-state index contributed by atoms with van der Waals surface area (Å²) in [6, 6.07) is 1.75. The average Bonchev–Trinajstić information content (AvgIpc) is 2.29. The molecule has 0 radical (unpaired) electrons. The summed E-state index contributed by atoms with van der Waals surface area (Å²) in [5.41, 5.74) is 1.48. The molecule has 1 unspecified atom stereocenters. The molecule has 0 aliphatic carbocycles. The Morgan fingerprint density at radius 1 is 1.20 bits per heavy atom. The van der Waals surface area contributed by atoms with Crippen molar-refractivity contribution in [2.24, 2.45) is 11.3 Å². The molecule has 114 valence electrons. The van der Waals surface area contributed by atoms with Crippen molar-refractivity contribution in [3.05, 3.63) is 35.1 Å². The first kappa shape index (κ1) is 16.9. The molecule has 2 nitrogen and oxygen atoms in total. The highest BCUT2D eigenvalue weighted by molar-refractivity contribution is 5.29. The Hall–Kier alpha value is -1.14. The van der Waals surface area contributed by atoms with Gasteiger partial charge in [-0.15, -0.1) is 0 Å². The summed E-state index contributed by atoms with van der Waals surface area (Å²) in [6.45, 7) is 6.01. The van der Waals surface area contributed by atoms with E-state index in [2.05, 4.69) is 5.43 Å². The Labute approximate surface area is 116 Å². The third kappa shape index (κ3) is 4.76. The molecule has 1 aromatic carbocycles.